The van der Waals surface area contributed by atoms with Crippen molar-refractivity contribution in [3.05, 3.63) is 78.2 Å². The molecule has 4 rings (SSSR count). The van der Waals surface area contributed by atoms with Gasteiger partial charge in [-0.3, -0.25) is 20.1 Å². The number of nitrogens with one attached hydrogen (secondary N) is 3. The average molecular weight is 488 g/mol. The fourth-order valence-corrected chi connectivity index (χ4v) is 4.68. The highest BCUT2D eigenvalue weighted by Crippen LogP contribution is 2.35. The number of amides is 1. The largest absolute Gasteiger partial charge is 0.384 e. The molecule has 0 bridgehead atoms. The number of hydrogen-bond acceptors (Lipinski definition) is 6. The van der Waals surface area contributed by atoms with E-state index in [1.165, 1.54) is 4.90 Å². The summed E-state index contributed by atoms with van der Waals surface area (Å²) in [7, 11) is 0. The lowest BCUT2D eigenvalue weighted by molar-refractivity contribution is -0.129. The van der Waals surface area contributed by atoms with Gasteiger partial charge in [-0.15, -0.1) is 0 Å². The van der Waals surface area contributed by atoms with Gasteiger partial charge in [-0.05, 0) is 67.5 Å². The normalized spacial score (nSPS) is 11.2. The molecular weight excluding hydrogens is 458 g/mol. The first-order chi connectivity index (χ1) is 17.2. The van der Waals surface area contributed by atoms with Crippen LogP contribution in [-0.4, -0.2) is 32.8 Å². The number of H-pyrrole nitrogens is 1. The number of anilines is 1. The molecule has 2 aromatic carbocycles. The van der Waals surface area contributed by atoms with Gasteiger partial charge in [0.15, 0.2) is 0 Å². The number of carbonyl (C=O) groups excluding carboxylic acids is 1. The van der Waals surface area contributed by atoms with Gasteiger partial charge in [-0.2, -0.15) is 5.10 Å². The van der Waals surface area contributed by atoms with E-state index in [1.807, 2.05) is 36.4 Å². The highest BCUT2D eigenvalue weighted by Gasteiger charge is 2.08. The molecule has 0 unspecified atom stereocenters. The van der Waals surface area contributed by atoms with Gasteiger partial charge in [0.25, 0.3) is 0 Å². The van der Waals surface area contributed by atoms with Crippen LogP contribution >= 0.6 is 11.8 Å². The second kappa shape index (κ2) is 12.7. The number of hydrogen-bond donors (Lipinski definition) is 4. The van der Waals surface area contributed by atoms with Crippen LogP contribution in [0.4, 0.5) is 5.69 Å². The van der Waals surface area contributed by atoms with Crippen LogP contribution in [0.3, 0.4) is 0 Å². The lowest BCUT2D eigenvalue weighted by atomic mass is 10.1. The monoisotopic (exact) mass is 487 g/mol. The van der Waals surface area contributed by atoms with E-state index < -0.39 is 0 Å². The fraction of sp³-hybridized carbons (Fsp3) is 0.222. The first kappa shape index (κ1) is 24.5. The predicted octanol–water partition coefficient (Wildman–Crippen LogP) is 6.15. The molecule has 2 aromatic heterocycles. The number of hydroxylamine groups is 1. The molecule has 180 valence electrons. The minimum atomic E-state index is -0.320. The van der Waals surface area contributed by atoms with Crippen LogP contribution < -0.4 is 10.8 Å². The Kier molecular flexibility index (Phi) is 8.91. The molecule has 4 aromatic rings. The quantitative estimate of drug-likeness (QED) is 0.109. The van der Waals surface area contributed by atoms with E-state index in [2.05, 4.69) is 56.9 Å². The van der Waals surface area contributed by atoms with Gasteiger partial charge in [-0.1, -0.05) is 42.8 Å². The Balaban J connectivity index is 1.33. The number of aromatic nitrogens is 3. The molecule has 7 nitrogen and oxygen atoms in total. The van der Waals surface area contributed by atoms with Crippen LogP contribution in [0.25, 0.3) is 23.1 Å². The van der Waals surface area contributed by atoms with Crippen molar-refractivity contribution >= 4 is 46.4 Å². The van der Waals surface area contributed by atoms with Crippen LogP contribution in [0.2, 0.25) is 0 Å². The summed E-state index contributed by atoms with van der Waals surface area (Å²) in [6, 6.07) is 20.5. The number of para-hydroxylation sites is 1. The summed E-state index contributed by atoms with van der Waals surface area (Å²) < 4.78 is 0. The third-order valence-electron chi connectivity index (χ3n) is 5.55. The zero-order valence-electron chi connectivity index (χ0n) is 19.4. The van der Waals surface area contributed by atoms with E-state index in [1.54, 1.807) is 23.4 Å². The number of unbranched alkanes of at least 4 members (excludes halogenated alkanes) is 3. The number of nitrogens with zero attached hydrogens (tertiary/aromatic N) is 2. The molecule has 2 heterocycles. The average Bonchev–Trinajstić information content (AvgIpc) is 3.30. The van der Waals surface area contributed by atoms with Gasteiger partial charge in [0.1, 0.15) is 0 Å². The zero-order valence-corrected chi connectivity index (χ0v) is 20.2. The van der Waals surface area contributed by atoms with E-state index in [0.717, 1.165) is 65.1 Å². The van der Waals surface area contributed by atoms with Crippen LogP contribution in [0.15, 0.2) is 76.7 Å². The van der Waals surface area contributed by atoms with Gasteiger partial charge >= 0.3 is 0 Å². The summed E-state index contributed by atoms with van der Waals surface area (Å²) in [4.78, 5) is 17.7. The Morgan fingerprint density at radius 3 is 2.71 bits per heavy atom. The van der Waals surface area contributed by atoms with Crippen molar-refractivity contribution in [3.8, 4) is 0 Å². The van der Waals surface area contributed by atoms with Crippen molar-refractivity contribution in [3.63, 3.8) is 0 Å². The van der Waals surface area contributed by atoms with E-state index in [0.29, 0.717) is 6.42 Å². The third-order valence-corrected chi connectivity index (χ3v) is 6.61. The van der Waals surface area contributed by atoms with E-state index in [-0.39, 0.29) is 5.91 Å². The molecule has 0 fully saturated rings. The number of rotatable bonds is 12. The molecule has 8 heteroatoms. The summed E-state index contributed by atoms with van der Waals surface area (Å²) >= 11 is 1.72. The standard InChI is InChI=1S/C27H29N5O2S/c33-27(32-34)12-3-1-2-7-18-29-24-10-4-5-11-26(24)35-21-14-15-22-23(30-31-25(22)19-21)16-13-20-9-6-8-17-28-20/h4-6,8-11,13-17,19,29,34H,1-3,7,12,18H2,(H,30,31)(H,32,33)/b16-13+. The van der Waals surface area contributed by atoms with Gasteiger partial charge in [0, 0.05) is 40.0 Å². The number of benzene rings is 2. The molecule has 0 radical (unpaired) electrons. The summed E-state index contributed by atoms with van der Waals surface area (Å²) in [5.41, 5.74) is 5.57. The van der Waals surface area contributed by atoms with Crippen molar-refractivity contribution in [2.75, 3.05) is 11.9 Å². The highest BCUT2D eigenvalue weighted by molar-refractivity contribution is 7.99. The first-order valence-electron chi connectivity index (χ1n) is 11.7. The Morgan fingerprint density at radius 2 is 1.86 bits per heavy atom. The zero-order chi connectivity index (χ0) is 24.3. The lowest BCUT2D eigenvalue weighted by Gasteiger charge is -2.12. The second-order valence-electron chi connectivity index (χ2n) is 8.13. The maximum atomic E-state index is 11.0. The predicted molar refractivity (Wildman–Crippen MR) is 141 cm³/mol. The van der Waals surface area contributed by atoms with Gasteiger partial charge in [0.05, 0.1) is 16.9 Å². The Hall–Kier alpha value is -3.62. The SMILES string of the molecule is O=C(CCCCCCNc1ccccc1Sc1ccc2c(/C=C/c3ccccn3)n[nH]c2c1)NO. The smallest absolute Gasteiger partial charge is 0.243 e. The lowest BCUT2D eigenvalue weighted by Crippen LogP contribution is -2.17. The third kappa shape index (κ3) is 7.18. The number of pyridine rings is 1. The van der Waals surface area contributed by atoms with E-state index in [9.17, 15) is 4.79 Å². The molecule has 0 aliphatic carbocycles. The Labute approximate surface area is 209 Å². The molecular formula is C27H29N5O2S. The van der Waals surface area contributed by atoms with Gasteiger partial charge in [0.2, 0.25) is 5.91 Å². The minimum absolute atomic E-state index is 0.320. The van der Waals surface area contributed by atoms with Gasteiger partial charge < -0.3 is 5.32 Å². The Bertz CT molecular complexity index is 1270. The summed E-state index contributed by atoms with van der Waals surface area (Å²) in [6.07, 6.45) is 9.90. The first-order valence-corrected chi connectivity index (χ1v) is 12.6. The van der Waals surface area contributed by atoms with Crippen molar-refractivity contribution in [2.24, 2.45) is 0 Å². The van der Waals surface area contributed by atoms with Crippen LogP contribution in [0.5, 0.6) is 0 Å². The maximum Gasteiger partial charge on any atom is 0.243 e. The summed E-state index contributed by atoms with van der Waals surface area (Å²) in [6.45, 7) is 0.870. The molecule has 1 amide bonds. The topological polar surface area (TPSA) is 103 Å². The van der Waals surface area contributed by atoms with Crippen molar-refractivity contribution in [1.29, 1.82) is 0 Å². The van der Waals surface area contributed by atoms with Crippen molar-refractivity contribution < 1.29 is 10.0 Å². The molecule has 0 aliphatic rings. The van der Waals surface area contributed by atoms with Crippen LogP contribution in [0, 0.1) is 0 Å². The van der Waals surface area contributed by atoms with E-state index >= 15 is 0 Å². The maximum absolute atomic E-state index is 11.0. The molecule has 0 atom stereocenters. The van der Waals surface area contributed by atoms with Crippen LogP contribution in [-0.2, 0) is 4.79 Å². The van der Waals surface area contributed by atoms with Gasteiger partial charge in [-0.25, -0.2) is 5.48 Å². The Morgan fingerprint density at radius 1 is 1.00 bits per heavy atom. The highest BCUT2D eigenvalue weighted by atomic mass is 32.2. The molecule has 0 spiro atoms. The fourth-order valence-electron chi connectivity index (χ4n) is 3.72. The van der Waals surface area contributed by atoms with Crippen molar-refractivity contribution in [2.45, 2.75) is 41.9 Å². The second-order valence-corrected chi connectivity index (χ2v) is 9.24. The molecule has 35 heavy (non-hydrogen) atoms. The summed E-state index contributed by atoms with van der Waals surface area (Å²) in [5, 5.41) is 20.8. The minimum Gasteiger partial charge on any atom is -0.384 e. The van der Waals surface area contributed by atoms with Crippen molar-refractivity contribution in [1.82, 2.24) is 20.7 Å². The van der Waals surface area contributed by atoms with Crippen LogP contribution in [0.1, 0.15) is 43.5 Å². The molecule has 4 N–H and O–H groups in total. The number of carbonyl (C=O) groups is 1. The van der Waals surface area contributed by atoms with E-state index in [4.69, 9.17) is 5.21 Å². The molecule has 0 aliphatic heterocycles. The number of aromatic amines is 1. The molecule has 0 saturated carbocycles. The molecule has 0 saturated heterocycles. The summed E-state index contributed by atoms with van der Waals surface area (Å²) in [5.74, 6) is -0.320. The number of fused-ring (bicyclic) bond motifs is 1.